The van der Waals surface area contributed by atoms with Gasteiger partial charge in [0.05, 0.1) is 0 Å². The first-order chi connectivity index (χ1) is 9.66. The van der Waals surface area contributed by atoms with Crippen molar-refractivity contribution in [2.45, 2.75) is 26.4 Å². The second-order valence-electron chi connectivity index (χ2n) is 5.81. The molecule has 1 nitrogen and oxygen atoms in total. The van der Waals surface area contributed by atoms with Crippen molar-refractivity contribution in [3.8, 4) is 0 Å². The number of rotatable bonds is 3. The molecule has 0 aromatic heterocycles. The van der Waals surface area contributed by atoms with Crippen LogP contribution in [0.15, 0.2) is 54.6 Å². The zero-order valence-electron chi connectivity index (χ0n) is 12.4. The van der Waals surface area contributed by atoms with E-state index in [1.165, 1.54) is 27.1 Å². The maximum absolute atomic E-state index is 2.40. The van der Waals surface area contributed by atoms with E-state index in [0.717, 1.165) is 6.54 Å². The van der Waals surface area contributed by atoms with E-state index in [1.54, 1.807) is 0 Å². The molecule has 0 aliphatic carbocycles. The number of benzene rings is 3. The average Bonchev–Trinajstić information content (AvgIpc) is 2.46. The van der Waals surface area contributed by atoms with E-state index < -0.39 is 0 Å². The van der Waals surface area contributed by atoms with Crippen LogP contribution in [0.3, 0.4) is 0 Å². The molecular formula is C19H21N. The molecular weight excluding hydrogens is 242 g/mol. The molecule has 0 fully saturated rings. The third-order valence-corrected chi connectivity index (χ3v) is 4.17. The summed E-state index contributed by atoms with van der Waals surface area (Å²) in [6.45, 7) is 5.47. The molecule has 0 radical (unpaired) electrons. The summed E-state index contributed by atoms with van der Waals surface area (Å²) in [6.07, 6.45) is 0. The maximum Gasteiger partial charge on any atom is 0.0245 e. The molecule has 0 heterocycles. The molecule has 0 saturated heterocycles. The Labute approximate surface area is 120 Å². The van der Waals surface area contributed by atoms with Gasteiger partial charge in [-0.3, -0.25) is 4.90 Å². The third kappa shape index (κ3) is 2.30. The van der Waals surface area contributed by atoms with E-state index >= 15 is 0 Å². The number of hydrogen-bond acceptors (Lipinski definition) is 1. The number of fused-ring (bicyclic) bond motifs is 2. The van der Waals surface area contributed by atoms with E-state index in [1.807, 2.05) is 0 Å². The highest BCUT2D eigenvalue weighted by Crippen LogP contribution is 2.29. The maximum atomic E-state index is 2.40. The van der Waals surface area contributed by atoms with E-state index in [2.05, 4.69) is 80.4 Å². The standard InChI is InChI=1S/C19H21N/c1-14(2)20(3)13-19-17-10-6-4-8-15(17)12-16-9-5-7-11-18(16)19/h4-12,14H,13H2,1-3H3. The lowest BCUT2D eigenvalue weighted by Crippen LogP contribution is -2.25. The first kappa shape index (κ1) is 13.1. The average molecular weight is 263 g/mol. The van der Waals surface area contributed by atoms with E-state index in [4.69, 9.17) is 0 Å². The third-order valence-electron chi connectivity index (χ3n) is 4.17. The zero-order chi connectivity index (χ0) is 14.1. The van der Waals surface area contributed by atoms with Crippen LogP contribution in [0.1, 0.15) is 19.4 Å². The molecule has 20 heavy (non-hydrogen) atoms. The van der Waals surface area contributed by atoms with Crippen molar-refractivity contribution in [1.29, 1.82) is 0 Å². The molecule has 0 bridgehead atoms. The molecule has 0 unspecified atom stereocenters. The minimum absolute atomic E-state index is 0.549. The van der Waals surface area contributed by atoms with Gasteiger partial charge in [0.15, 0.2) is 0 Å². The van der Waals surface area contributed by atoms with Crippen LogP contribution in [-0.4, -0.2) is 18.0 Å². The summed E-state index contributed by atoms with van der Waals surface area (Å²) in [5.74, 6) is 0. The van der Waals surface area contributed by atoms with Gasteiger partial charge in [-0.2, -0.15) is 0 Å². The van der Waals surface area contributed by atoms with Crippen LogP contribution in [0.4, 0.5) is 0 Å². The van der Waals surface area contributed by atoms with Crippen molar-refractivity contribution >= 4 is 21.5 Å². The summed E-state index contributed by atoms with van der Waals surface area (Å²) in [5.41, 5.74) is 1.44. The molecule has 102 valence electrons. The van der Waals surface area contributed by atoms with E-state index in [0.29, 0.717) is 6.04 Å². The van der Waals surface area contributed by atoms with Gasteiger partial charge in [0.1, 0.15) is 0 Å². The lowest BCUT2D eigenvalue weighted by Gasteiger charge is -2.23. The highest BCUT2D eigenvalue weighted by molar-refractivity contribution is 6.02. The Hall–Kier alpha value is -1.86. The van der Waals surface area contributed by atoms with Gasteiger partial charge in [0.2, 0.25) is 0 Å². The fourth-order valence-corrected chi connectivity index (χ4v) is 2.71. The zero-order valence-corrected chi connectivity index (χ0v) is 12.4. The summed E-state index contributed by atoms with van der Waals surface area (Å²) in [7, 11) is 2.20. The van der Waals surface area contributed by atoms with Crippen molar-refractivity contribution in [3.05, 3.63) is 60.2 Å². The Balaban J connectivity index is 2.27. The fraction of sp³-hybridized carbons (Fsp3) is 0.263. The van der Waals surface area contributed by atoms with Gasteiger partial charge in [-0.05, 0) is 54.1 Å². The number of hydrogen-bond donors (Lipinski definition) is 0. The Morgan fingerprint density at radius 3 is 1.85 bits per heavy atom. The van der Waals surface area contributed by atoms with Gasteiger partial charge in [0, 0.05) is 12.6 Å². The second-order valence-corrected chi connectivity index (χ2v) is 5.81. The molecule has 0 saturated carbocycles. The van der Waals surface area contributed by atoms with Crippen molar-refractivity contribution < 1.29 is 0 Å². The van der Waals surface area contributed by atoms with Crippen molar-refractivity contribution in [2.75, 3.05) is 7.05 Å². The number of nitrogens with zero attached hydrogens (tertiary/aromatic N) is 1. The molecule has 3 aromatic rings. The summed E-state index contributed by atoms with van der Waals surface area (Å²) in [4.78, 5) is 2.40. The molecule has 0 spiro atoms. The monoisotopic (exact) mass is 263 g/mol. The van der Waals surface area contributed by atoms with Crippen LogP contribution in [0.2, 0.25) is 0 Å². The summed E-state index contributed by atoms with van der Waals surface area (Å²) in [5, 5.41) is 5.41. The first-order valence-corrected chi connectivity index (χ1v) is 7.26. The minimum Gasteiger partial charge on any atom is -0.300 e. The molecule has 3 rings (SSSR count). The van der Waals surface area contributed by atoms with Crippen LogP contribution in [0, 0.1) is 0 Å². The van der Waals surface area contributed by atoms with Gasteiger partial charge < -0.3 is 0 Å². The van der Waals surface area contributed by atoms with Crippen LogP contribution in [-0.2, 0) is 6.54 Å². The molecule has 0 aliphatic heterocycles. The molecule has 0 N–H and O–H groups in total. The lowest BCUT2D eigenvalue weighted by atomic mass is 9.96. The van der Waals surface area contributed by atoms with E-state index in [-0.39, 0.29) is 0 Å². The Morgan fingerprint density at radius 1 is 0.850 bits per heavy atom. The lowest BCUT2D eigenvalue weighted by molar-refractivity contribution is 0.267. The summed E-state index contributed by atoms with van der Waals surface area (Å²) >= 11 is 0. The molecule has 0 atom stereocenters. The largest absolute Gasteiger partial charge is 0.300 e. The van der Waals surface area contributed by atoms with Crippen LogP contribution in [0.25, 0.3) is 21.5 Å². The van der Waals surface area contributed by atoms with Gasteiger partial charge in [0.25, 0.3) is 0 Å². The highest BCUT2D eigenvalue weighted by atomic mass is 15.1. The van der Waals surface area contributed by atoms with Gasteiger partial charge >= 0.3 is 0 Å². The second kappa shape index (κ2) is 5.26. The predicted molar refractivity (Wildman–Crippen MR) is 88.1 cm³/mol. The smallest absolute Gasteiger partial charge is 0.0245 e. The summed E-state index contributed by atoms with van der Waals surface area (Å²) in [6, 6.07) is 20.3. The van der Waals surface area contributed by atoms with Gasteiger partial charge in [-0.15, -0.1) is 0 Å². The SMILES string of the molecule is CC(C)N(C)Cc1c2ccccc2cc2ccccc12. The van der Waals surface area contributed by atoms with Crippen LogP contribution < -0.4 is 0 Å². The molecule has 3 aromatic carbocycles. The van der Waals surface area contributed by atoms with Gasteiger partial charge in [-0.25, -0.2) is 0 Å². The predicted octanol–water partition coefficient (Wildman–Crippen LogP) is 4.83. The van der Waals surface area contributed by atoms with Crippen molar-refractivity contribution in [1.82, 2.24) is 4.90 Å². The normalized spacial score (nSPS) is 11.8. The molecule has 1 heteroatoms. The Kier molecular flexibility index (Phi) is 3.45. The first-order valence-electron chi connectivity index (χ1n) is 7.26. The van der Waals surface area contributed by atoms with E-state index in [9.17, 15) is 0 Å². The highest BCUT2D eigenvalue weighted by Gasteiger charge is 2.11. The van der Waals surface area contributed by atoms with Crippen LogP contribution in [0.5, 0.6) is 0 Å². The fourth-order valence-electron chi connectivity index (χ4n) is 2.71. The minimum atomic E-state index is 0.549. The van der Waals surface area contributed by atoms with Crippen molar-refractivity contribution in [3.63, 3.8) is 0 Å². The topological polar surface area (TPSA) is 3.24 Å². The molecule has 0 aliphatic rings. The van der Waals surface area contributed by atoms with Gasteiger partial charge in [-0.1, -0.05) is 48.5 Å². The van der Waals surface area contributed by atoms with Crippen molar-refractivity contribution in [2.24, 2.45) is 0 Å². The summed E-state index contributed by atoms with van der Waals surface area (Å²) < 4.78 is 0. The quantitative estimate of drug-likeness (QED) is 0.612. The molecule has 0 amide bonds. The Bertz CT molecular complexity index is 689. The van der Waals surface area contributed by atoms with Crippen LogP contribution >= 0.6 is 0 Å². The Morgan fingerprint density at radius 2 is 1.35 bits per heavy atom.